The summed E-state index contributed by atoms with van der Waals surface area (Å²) in [6, 6.07) is 6.51. The van der Waals surface area contributed by atoms with E-state index in [9.17, 15) is 0 Å². The normalized spacial score (nSPS) is 7.93. The van der Waals surface area contributed by atoms with Crippen molar-refractivity contribution in [3.05, 3.63) is 29.3 Å². The molecule has 0 bridgehead atoms. The molecular formula is C14H27N. The molecule has 0 unspecified atom stereocenters. The van der Waals surface area contributed by atoms with Crippen molar-refractivity contribution in [3.8, 4) is 0 Å². The highest BCUT2D eigenvalue weighted by Crippen LogP contribution is 2.16. The molecule has 0 saturated heterocycles. The highest BCUT2D eigenvalue weighted by Gasteiger charge is 1.96. The van der Waals surface area contributed by atoms with Gasteiger partial charge in [0, 0.05) is 12.7 Å². The van der Waals surface area contributed by atoms with Crippen molar-refractivity contribution in [2.45, 2.75) is 48.0 Å². The third-order valence-corrected chi connectivity index (χ3v) is 1.92. The maximum atomic E-state index is 3.19. The van der Waals surface area contributed by atoms with Crippen LogP contribution in [0.3, 0.4) is 0 Å². The summed E-state index contributed by atoms with van der Waals surface area (Å²) >= 11 is 0. The molecule has 0 radical (unpaired) electrons. The highest BCUT2D eigenvalue weighted by molar-refractivity contribution is 5.52. The van der Waals surface area contributed by atoms with Gasteiger partial charge in [0.15, 0.2) is 0 Å². The van der Waals surface area contributed by atoms with Crippen LogP contribution in [0.1, 0.15) is 45.7 Å². The van der Waals surface area contributed by atoms with Gasteiger partial charge in [0.05, 0.1) is 0 Å². The summed E-state index contributed by atoms with van der Waals surface area (Å²) < 4.78 is 0. The summed E-state index contributed by atoms with van der Waals surface area (Å²) in [5.41, 5.74) is 3.96. The Morgan fingerprint density at radius 2 is 1.60 bits per heavy atom. The fraction of sp³-hybridized carbons (Fsp3) is 0.571. The van der Waals surface area contributed by atoms with Gasteiger partial charge in [-0.3, -0.25) is 0 Å². The van der Waals surface area contributed by atoms with Crippen molar-refractivity contribution in [1.29, 1.82) is 0 Å². The largest absolute Gasteiger partial charge is 0.388 e. The van der Waals surface area contributed by atoms with Crippen LogP contribution >= 0.6 is 0 Å². The maximum Gasteiger partial charge on any atom is 0.0372 e. The molecule has 0 heterocycles. The molecular weight excluding hydrogens is 182 g/mol. The van der Waals surface area contributed by atoms with E-state index in [2.05, 4.69) is 37.4 Å². The summed E-state index contributed by atoms with van der Waals surface area (Å²) in [7, 11) is 1.97. The van der Waals surface area contributed by atoms with Crippen LogP contribution in [-0.4, -0.2) is 7.05 Å². The van der Waals surface area contributed by atoms with E-state index in [0.29, 0.717) is 0 Å². The molecule has 0 aliphatic rings. The molecule has 0 aliphatic carbocycles. The fourth-order valence-electron chi connectivity index (χ4n) is 1.23. The number of hydrogen-bond donors (Lipinski definition) is 1. The highest BCUT2D eigenvalue weighted by atomic mass is 14.8. The van der Waals surface area contributed by atoms with Gasteiger partial charge >= 0.3 is 0 Å². The van der Waals surface area contributed by atoms with Crippen molar-refractivity contribution in [2.75, 3.05) is 12.4 Å². The molecule has 1 aromatic rings. The number of hydrogen-bond acceptors (Lipinski definition) is 1. The minimum atomic E-state index is 1.09. The van der Waals surface area contributed by atoms with E-state index >= 15 is 0 Å². The average Bonchev–Trinajstić information content (AvgIpc) is 2.34. The van der Waals surface area contributed by atoms with Crippen molar-refractivity contribution in [1.82, 2.24) is 0 Å². The van der Waals surface area contributed by atoms with Gasteiger partial charge in [-0.25, -0.2) is 0 Å². The van der Waals surface area contributed by atoms with Crippen LogP contribution in [0.15, 0.2) is 18.2 Å². The average molecular weight is 209 g/mol. The topological polar surface area (TPSA) is 12.0 Å². The van der Waals surface area contributed by atoms with Crippen molar-refractivity contribution in [2.24, 2.45) is 0 Å². The predicted octanol–water partition coefficient (Wildman–Crippen LogP) is 4.65. The van der Waals surface area contributed by atoms with Gasteiger partial charge in [-0.15, -0.1) is 0 Å². The Morgan fingerprint density at radius 3 is 2.00 bits per heavy atom. The molecule has 0 atom stereocenters. The predicted molar refractivity (Wildman–Crippen MR) is 72.8 cm³/mol. The third kappa shape index (κ3) is 6.16. The van der Waals surface area contributed by atoms with Gasteiger partial charge in [-0.1, -0.05) is 46.8 Å². The van der Waals surface area contributed by atoms with Gasteiger partial charge < -0.3 is 5.32 Å². The molecule has 88 valence electrons. The van der Waals surface area contributed by atoms with Crippen LogP contribution in [-0.2, 0) is 6.42 Å². The number of rotatable bonds is 2. The second-order valence-electron chi connectivity index (χ2n) is 2.76. The van der Waals surface area contributed by atoms with E-state index in [1.54, 1.807) is 0 Å². The van der Waals surface area contributed by atoms with Crippen molar-refractivity contribution in [3.63, 3.8) is 0 Å². The zero-order valence-corrected chi connectivity index (χ0v) is 11.4. The second kappa shape index (κ2) is 11.1. The molecule has 15 heavy (non-hydrogen) atoms. The molecule has 0 aromatic heterocycles. The fourth-order valence-corrected chi connectivity index (χ4v) is 1.23. The van der Waals surface area contributed by atoms with Gasteiger partial charge in [-0.05, 0) is 30.5 Å². The first-order valence-corrected chi connectivity index (χ1v) is 6.05. The van der Waals surface area contributed by atoms with Crippen molar-refractivity contribution >= 4 is 5.69 Å². The summed E-state index contributed by atoms with van der Waals surface area (Å²) in [6.45, 7) is 12.3. The van der Waals surface area contributed by atoms with E-state index in [4.69, 9.17) is 0 Å². The molecule has 0 fully saturated rings. The zero-order valence-electron chi connectivity index (χ0n) is 11.4. The lowest BCUT2D eigenvalue weighted by Crippen LogP contribution is -1.94. The van der Waals surface area contributed by atoms with Crippen LogP contribution in [0.2, 0.25) is 0 Å². The first-order valence-electron chi connectivity index (χ1n) is 6.05. The molecule has 1 heteroatoms. The first kappa shape index (κ1) is 16.4. The van der Waals surface area contributed by atoms with Crippen LogP contribution in [0.5, 0.6) is 0 Å². The zero-order chi connectivity index (χ0) is 12.3. The number of benzene rings is 1. The SMILES string of the molecule is CC.CC.CCc1ccc(C)cc1NC. The van der Waals surface area contributed by atoms with Crippen LogP contribution in [0.4, 0.5) is 5.69 Å². The van der Waals surface area contributed by atoms with Crippen LogP contribution in [0.25, 0.3) is 0 Å². The minimum Gasteiger partial charge on any atom is -0.388 e. The molecule has 1 nitrogen and oxygen atoms in total. The lowest BCUT2D eigenvalue weighted by molar-refractivity contribution is 1.13. The lowest BCUT2D eigenvalue weighted by atomic mass is 10.1. The van der Waals surface area contributed by atoms with E-state index in [1.165, 1.54) is 16.8 Å². The van der Waals surface area contributed by atoms with Gasteiger partial charge in [0.2, 0.25) is 0 Å². The summed E-state index contributed by atoms with van der Waals surface area (Å²) in [5.74, 6) is 0. The molecule has 1 aromatic carbocycles. The third-order valence-electron chi connectivity index (χ3n) is 1.92. The Hall–Kier alpha value is -0.980. The van der Waals surface area contributed by atoms with E-state index in [1.807, 2.05) is 34.7 Å². The molecule has 1 N–H and O–H groups in total. The number of nitrogens with one attached hydrogen (secondary N) is 1. The lowest BCUT2D eigenvalue weighted by Gasteiger charge is -2.07. The van der Waals surface area contributed by atoms with E-state index in [-0.39, 0.29) is 0 Å². The Labute approximate surface area is 95.9 Å². The van der Waals surface area contributed by atoms with Gasteiger partial charge in [0.1, 0.15) is 0 Å². The van der Waals surface area contributed by atoms with Gasteiger partial charge in [-0.2, -0.15) is 0 Å². The summed E-state index contributed by atoms with van der Waals surface area (Å²) in [6.07, 6.45) is 1.09. The Kier molecular flexibility index (Phi) is 12.2. The smallest absolute Gasteiger partial charge is 0.0372 e. The Balaban J connectivity index is 0. The molecule has 0 aliphatic heterocycles. The summed E-state index contributed by atoms with van der Waals surface area (Å²) in [5, 5.41) is 3.19. The Bertz CT molecular complexity index is 241. The van der Waals surface area contributed by atoms with E-state index < -0.39 is 0 Å². The van der Waals surface area contributed by atoms with Crippen LogP contribution < -0.4 is 5.32 Å². The monoisotopic (exact) mass is 209 g/mol. The standard InChI is InChI=1S/C10H15N.2C2H6/c1-4-9-6-5-8(2)7-10(9)11-3;2*1-2/h5-7,11H,4H2,1-3H3;2*1-2H3. The number of aryl methyl sites for hydroxylation is 2. The minimum absolute atomic E-state index is 1.09. The molecule has 0 spiro atoms. The number of anilines is 1. The molecule has 0 amide bonds. The second-order valence-corrected chi connectivity index (χ2v) is 2.76. The molecule has 1 rings (SSSR count). The Morgan fingerprint density at radius 1 is 1.07 bits per heavy atom. The van der Waals surface area contributed by atoms with Crippen molar-refractivity contribution < 1.29 is 0 Å². The van der Waals surface area contributed by atoms with Crippen LogP contribution in [0, 0.1) is 6.92 Å². The quantitative estimate of drug-likeness (QED) is 0.747. The first-order chi connectivity index (χ1) is 7.27. The molecule has 0 saturated carbocycles. The van der Waals surface area contributed by atoms with E-state index in [0.717, 1.165) is 6.42 Å². The maximum absolute atomic E-state index is 3.19. The van der Waals surface area contributed by atoms with Gasteiger partial charge in [0.25, 0.3) is 0 Å². The summed E-state index contributed by atoms with van der Waals surface area (Å²) in [4.78, 5) is 0.